The lowest BCUT2D eigenvalue weighted by Crippen LogP contribution is -2.43. The minimum Gasteiger partial charge on any atom is -0.319 e. The fourth-order valence-electron chi connectivity index (χ4n) is 1.60. The second-order valence-corrected chi connectivity index (χ2v) is 3.93. The molecule has 3 heteroatoms. The zero-order chi connectivity index (χ0) is 12.8. The first kappa shape index (κ1) is 13.3. The summed E-state index contributed by atoms with van der Waals surface area (Å²) in [4.78, 5) is 13.7. The molecule has 0 heterocycles. The van der Waals surface area contributed by atoms with Crippen molar-refractivity contribution < 1.29 is 4.79 Å². The molecule has 0 spiro atoms. The minimum atomic E-state index is -0.624. The van der Waals surface area contributed by atoms with Crippen molar-refractivity contribution in [1.29, 1.82) is 0 Å². The summed E-state index contributed by atoms with van der Waals surface area (Å²) in [6, 6.07) is 7.15. The van der Waals surface area contributed by atoms with Crippen LogP contribution in [0.15, 0.2) is 24.3 Å². The molecular formula is C14H18N2O. The number of hydrogen-bond acceptors (Lipinski definition) is 2. The zero-order valence-electron chi connectivity index (χ0n) is 10.3. The van der Waals surface area contributed by atoms with Gasteiger partial charge in [0, 0.05) is 18.7 Å². The van der Waals surface area contributed by atoms with Gasteiger partial charge in [-0.2, -0.15) is 0 Å². The van der Waals surface area contributed by atoms with Crippen molar-refractivity contribution in [3.63, 3.8) is 0 Å². The van der Waals surface area contributed by atoms with E-state index in [0.29, 0.717) is 6.54 Å². The second kappa shape index (κ2) is 6.07. The van der Waals surface area contributed by atoms with Gasteiger partial charge in [0.1, 0.15) is 0 Å². The highest BCUT2D eigenvalue weighted by Crippen LogP contribution is 2.16. The Hall–Kier alpha value is -1.79. The lowest BCUT2D eigenvalue weighted by molar-refractivity contribution is -0.119. The summed E-state index contributed by atoms with van der Waals surface area (Å²) in [5.74, 6) is 2.29. The molecule has 1 unspecified atom stereocenters. The SMILES string of the molecule is C#CCC(N)C(=O)N(CC)c1ccc(C)cc1. The third-order valence-electron chi connectivity index (χ3n) is 2.58. The molecule has 1 aromatic carbocycles. The van der Waals surface area contributed by atoms with Gasteiger partial charge in [0.25, 0.3) is 0 Å². The molecular weight excluding hydrogens is 212 g/mol. The summed E-state index contributed by atoms with van der Waals surface area (Å²) in [5, 5.41) is 0. The Morgan fingerprint density at radius 3 is 2.53 bits per heavy atom. The van der Waals surface area contributed by atoms with Crippen LogP contribution in [0.1, 0.15) is 18.9 Å². The number of carbonyl (C=O) groups excluding carboxylic acids is 1. The predicted octanol–water partition coefficient (Wildman–Crippen LogP) is 1.70. The number of nitrogens with two attached hydrogens (primary N) is 1. The van der Waals surface area contributed by atoms with Crippen LogP contribution < -0.4 is 10.6 Å². The molecule has 0 fully saturated rings. The zero-order valence-corrected chi connectivity index (χ0v) is 10.3. The van der Waals surface area contributed by atoms with Gasteiger partial charge in [0.15, 0.2) is 0 Å². The van der Waals surface area contributed by atoms with E-state index >= 15 is 0 Å². The number of benzene rings is 1. The topological polar surface area (TPSA) is 46.3 Å². The molecule has 0 radical (unpaired) electrons. The van der Waals surface area contributed by atoms with E-state index in [1.54, 1.807) is 4.90 Å². The maximum Gasteiger partial charge on any atom is 0.244 e. The van der Waals surface area contributed by atoms with Crippen molar-refractivity contribution >= 4 is 11.6 Å². The molecule has 0 aromatic heterocycles. The molecule has 2 N–H and O–H groups in total. The molecule has 0 aliphatic carbocycles. The van der Waals surface area contributed by atoms with E-state index in [-0.39, 0.29) is 12.3 Å². The number of hydrogen-bond donors (Lipinski definition) is 1. The van der Waals surface area contributed by atoms with Crippen LogP contribution in [0.25, 0.3) is 0 Å². The smallest absolute Gasteiger partial charge is 0.244 e. The summed E-state index contributed by atoms with van der Waals surface area (Å²) in [6.07, 6.45) is 5.43. The van der Waals surface area contributed by atoms with Gasteiger partial charge in [-0.25, -0.2) is 0 Å². The number of terminal acetylenes is 1. The Morgan fingerprint density at radius 2 is 2.06 bits per heavy atom. The molecule has 1 rings (SSSR count). The normalized spacial score (nSPS) is 11.6. The number of carbonyl (C=O) groups is 1. The fraction of sp³-hybridized carbons (Fsp3) is 0.357. The second-order valence-electron chi connectivity index (χ2n) is 3.93. The predicted molar refractivity (Wildman–Crippen MR) is 70.6 cm³/mol. The van der Waals surface area contributed by atoms with E-state index in [0.717, 1.165) is 11.3 Å². The van der Waals surface area contributed by atoms with Crippen molar-refractivity contribution in [3.8, 4) is 12.3 Å². The van der Waals surface area contributed by atoms with Crippen molar-refractivity contribution in [2.24, 2.45) is 5.73 Å². The van der Waals surface area contributed by atoms with Crippen molar-refractivity contribution in [1.82, 2.24) is 0 Å². The number of amides is 1. The molecule has 0 saturated carbocycles. The Labute approximate surface area is 103 Å². The van der Waals surface area contributed by atoms with E-state index in [4.69, 9.17) is 12.2 Å². The Bertz CT molecular complexity index is 417. The van der Waals surface area contributed by atoms with Gasteiger partial charge in [0.2, 0.25) is 5.91 Å². The largest absolute Gasteiger partial charge is 0.319 e. The van der Waals surface area contributed by atoms with E-state index < -0.39 is 6.04 Å². The molecule has 90 valence electrons. The van der Waals surface area contributed by atoms with Crippen LogP contribution in [0, 0.1) is 19.3 Å². The van der Waals surface area contributed by atoms with Crippen molar-refractivity contribution in [2.75, 3.05) is 11.4 Å². The standard InChI is InChI=1S/C14H18N2O/c1-4-6-13(15)14(17)16(5-2)12-9-7-11(3)8-10-12/h1,7-10,13H,5-6,15H2,2-3H3. The maximum absolute atomic E-state index is 12.1. The quantitative estimate of drug-likeness (QED) is 0.800. The number of aryl methyl sites for hydroxylation is 1. The van der Waals surface area contributed by atoms with Crippen LogP contribution in [0.5, 0.6) is 0 Å². The van der Waals surface area contributed by atoms with Crippen molar-refractivity contribution in [3.05, 3.63) is 29.8 Å². The molecule has 0 saturated heterocycles. The fourth-order valence-corrected chi connectivity index (χ4v) is 1.60. The molecule has 0 bridgehead atoms. The summed E-state index contributed by atoms with van der Waals surface area (Å²) in [7, 11) is 0. The van der Waals surface area contributed by atoms with Gasteiger partial charge in [0.05, 0.1) is 6.04 Å². The first-order valence-corrected chi connectivity index (χ1v) is 5.67. The number of anilines is 1. The van der Waals surface area contributed by atoms with Crippen LogP contribution in [0.4, 0.5) is 5.69 Å². The molecule has 0 aliphatic rings. The summed E-state index contributed by atoms with van der Waals surface area (Å²) in [6.45, 7) is 4.51. The monoisotopic (exact) mass is 230 g/mol. The van der Waals surface area contributed by atoms with Crippen LogP contribution in [0.2, 0.25) is 0 Å². The maximum atomic E-state index is 12.1. The van der Waals surface area contributed by atoms with Crippen LogP contribution in [-0.4, -0.2) is 18.5 Å². The number of rotatable bonds is 4. The Balaban J connectivity index is 2.88. The van der Waals surface area contributed by atoms with Crippen LogP contribution in [0.3, 0.4) is 0 Å². The van der Waals surface area contributed by atoms with Gasteiger partial charge in [-0.3, -0.25) is 4.79 Å². The third-order valence-corrected chi connectivity index (χ3v) is 2.58. The number of likely N-dealkylation sites (N-methyl/N-ethyl adjacent to an activating group) is 1. The van der Waals surface area contributed by atoms with Crippen LogP contribution >= 0.6 is 0 Å². The lowest BCUT2D eigenvalue weighted by Gasteiger charge is -2.23. The molecule has 1 amide bonds. The first-order chi connectivity index (χ1) is 8.10. The van der Waals surface area contributed by atoms with Gasteiger partial charge in [-0.05, 0) is 26.0 Å². The van der Waals surface area contributed by atoms with Crippen molar-refractivity contribution in [2.45, 2.75) is 26.3 Å². The van der Waals surface area contributed by atoms with Crippen LogP contribution in [-0.2, 0) is 4.79 Å². The van der Waals surface area contributed by atoms with Gasteiger partial charge in [-0.1, -0.05) is 17.7 Å². The highest BCUT2D eigenvalue weighted by Gasteiger charge is 2.20. The lowest BCUT2D eigenvalue weighted by atomic mass is 10.1. The van der Waals surface area contributed by atoms with E-state index in [1.165, 1.54) is 0 Å². The Morgan fingerprint density at radius 1 is 1.47 bits per heavy atom. The summed E-state index contributed by atoms with van der Waals surface area (Å²) >= 11 is 0. The number of nitrogens with zero attached hydrogens (tertiary/aromatic N) is 1. The molecule has 17 heavy (non-hydrogen) atoms. The van der Waals surface area contributed by atoms with Gasteiger partial charge < -0.3 is 10.6 Å². The highest BCUT2D eigenvalue weighted by atomic mass is 16.2. The van der Waals surface area contributed by atoms with Gasteiger partial charge >= 0.3 is 0 Å². The molecule has 1 aromatic rings. The van der Waals surface area contributed by atoms with E-state index in [2.05, 4.69) is 5.92 Å². The minimum absolute atomic E-state index is 0.130. The highest BCUT2D eigenvalue weighted by molar-refractivity contribution is 5.97. The summed E-state index contributed by atoms with van der Waals surface area (Å²) in [5.41, 5.74) is 7.75. The average molecular weight is 230 g/mol. The van der Waals surface area contributed by atoms with E-state index in [9.17, 15) is 4.79 Å². The average Bonchev–Trinajstić information content (AvgIpc) is 2.32. The molecule has 0 aliphatic heterocycles. The first-order valence-electron chi connectivity index (χ1n) is 5.67. The summed E-state index contributed by atoms with van der Waals surface area (Å²) < 4.78 is 0. The molecule has 3 nitrogen and oxygen atoms in total. The molecule has 1 atom stereocenters. The van der Waals surface area contributed by atoms with E-state index in [1.807, 2.05) is 38.1 Å². The van der Waals surface area contributed by atoms with Gasteiger partial charge in [-0.15, -0.1) is 12.3 Å². The third kappa shape index (κ3) is 3.33. The Kier molecular flexibility index (Phi) is 4.74.